The lowest BCUT2D eigenvalue weighted by atomic mass is 10.00. The number of hydrogen-bond acceptors (Lipinski definition) is 4. The minimum atomic E-state index is 0.251. The predicted molar refractivity (Wildman–Crippen MR) is 116 cm³/mol. The lowest BCUT2D eigenvalue weighted by molar-refractivity contribution is 0.824. The average Bonchev–Trinajstić information content (AvgIpc) is 3.03. The van der Waals surface area contributed by atoms with Crippen LogP contribution in [0.1, 0.15) is 36.6 Å². The summed E-state index contributed by atoms with van der Waals surface area (Å²) in [6.07, 6.45) is 1.92. The quantitative estimate of drug-likeness (QED) is 0.436. The van der Waals surface area contributed by atoms with Crippen LogP contribution in [0.2, 0.25) is 0 Å². The molecule has 0 aliphatic carbocycles. The summed E-state index contributed by atoms with van der Waals surface area (Å²) >= 11 is 1.79. The van der Waals surface area contributed by atoms with Crippen molar-refractivity contribution in [3.63, 3.8) is 0 Å². The van der Waals surface area contributed by atoms with Gasteiger partial charge in [0.15, 0.2) is 0 Å². The van der Waals surface area contributed by atoms with Crippen LogP contribution >= 0.6 is 11.3 Å². The first-order valence-corrected chi connectivity index (χ1v) is 9.68. The van der Waals surface area contributed by atoms with Gasteiger partial charge in [-0.25, -0.2) is 4.98 Å². The normalized spacial score (nSPS) is 12.0. The highest BCUT2D eigenvalue weighted by Crippen LogP contribution is 2.34. The fourth-order valence-electron chi connectivity index (χ4n) is 3.21. The van der Waals surface area contributed by atoms with E-state index in [-0.39, 0.29) is 5.92 Å². The second-order valence-electron chi connectivity index (χ2n) is 6.88. The number of thiophene rings is 1. The number of aromatic nitrogens is 1. The molecule has 0 unspecified atom stereocenters. The van der Waals surface area contributed by atoms with Crippen molar-refractivity contribution in [2.75, 3.05) is 5.73 Å². The third-order valence-electron chi connectivity index (χ3n) is 4.60. The Morgan fingerprint density at radius 3 is 2.63 bits per heavy atom. The van der Waals surface area contributed by atoms with Gasteiger partial charge in [-0.3, -0.25) is 0 Å². The molecule has 4 rings (SSSR count). The zero-order valence-electron chi connectivity index (χ0n) is 15.2. The molecule has 2 aromatic heterocycles. The number of pyridine rings is 1. The second kappa shape index (κ2) is 6.86. The second-order valence-corrected chi connectivity index (χ2v) is 7.97. The summed E-state index contributed by atoms with van der Waals surface area (Å²) < 4.78 is 2.53. The first-order valence-electron chi connectivity index (χ1n) is 8.86. The maximum Gasteiger partial charge on any atom is 0.124 e. The van der Waals surface area contributed by atoms with E-state index in [0.717, 1.165) is 16.8 Å². The summed E-state index contributed by atoms with van der Waals surface area (Å²) in [4.78, 5) is 4.37. The Bertz CT molecular complexity index is 1230. The van der Waals surface area contributed by atoms with Gasteiger partial charge in [0.05, 0.1) is 11.6 Å². The summed E-state index contributed by atoms with van der Waals surface area (Å²) in [5, 5.41) is 12.2. The van der Waals surface area contributed by atoms with Gasteiger partial charge in [0.25, 0.3) is 0 Å². The Balaban J connectivity index is 1.83. The molecule has 0 bridgehead atoms. The van der Waals surface area contributed by atoms with Gasteiger partial charge < -0.3 is 5.73 Å². The summed E-state index contributed by atoms with van der Waals surface area (Å²) in [5.41, 5.74) is 9.25. The van der Waals surface area contributed by atoms with Crippen molar-refractivity contribution in [2.45, 2.75) is 19.8 Å². The van der Waals surface area contributed by atoms with E-state index in [9.17, 15) is 5.26 Å². The monoisotopic (exact) mass is 369 g/mol. The zero-order chi connectivity index (χ0) is 19.0. The lowest BCUT2D eigenvalue weighted by Crippen LogP contribution is -1.99. The van der Waals surface area contributed by atoms with E-state index in [4.69, 9.17) is 5.73 Å². The van der Waals surface area contributed by atoms with Crippen molar-refractivity contribution < 1.29 is 0 Å². The molecule has 0 saturated heterocycles. The molecule has 3 nitrogen and oxygen atoms in total. The highest BCUT2D eigenvalue weighted by atomic mass is 32.1. The number of allylic oxidation sites excluding steroid dienone is 1. The molecular weight excluding hydrogens is 350 g/mol. The first kappa shape index (κ1) is 17.3. The Hall–Kier alpha value is -3.16. The molecule has 0 aliphatic heterocycles. The SMILES string of the molecule is CC(C)c1cc(C(C#N)=Cc2ccc3sc4ccccc4c3c2)cc(N)n1. The van der Waals surface area contributed by atoms with Gasteiger partial charge in [-0.15, -0.1) is 11.3 Å². The van der Waals surface area contributed by atoms with Crippen molar-refractivity contribution in [3.05, 3.63) is 71.4 Å². The molecule has 0 fully saturated rings. The molecule has 0 aliphatic rings. The van der Waals surface area contributed by atoms with Crippen molar-refractivity contribution in [1.82, 2.24) is 4.98 Å². The van der Waals surface area contributed by atoms with E-state index >= 15 is 0 Å². The van der Waals surface area contributed by atoms with E-state index in [0.29, 0.717) is 11.4 Å². The third-order valence-corrected chi connectivity index (χ3v) is 5.75. The molecule has 2 N–H and O–H groups in total. The van der Waals surface area contributed by atoms with Crippen LogP contribution in [-0.2, 0) is 0 Å². The summed E-state index contributed by atoms with van der Waals surface area (Å²) in [7, 11) is 0. The van der Waals surface area contributed by atoms with E-state index < -0.39 is 0 Å². The number of fused-ring (bicyclic) bond motifs is 3. The largest absolute Gasteiger partial charge is 0.384 e. The van der Waals surface area contributed by atoms with Crippen molar-refractivity contribution in [2.24, 2.45) is 0 Å². The van der Waals surface area contributed by atoms with E-state index in [1.54, 1.807) is 17.4 Å². The zero-order valence-corrected chi connectivity index (χ0v) is 16.0. The minimum absolute atomic E-state index is 0.251. The van der Waals surface area contributed by atoms with E-state index in [2.05, 4.69) is 67.4 Å². The Kier molecular flexibility index (Phi) is 4.39. The number of hydrogen-bond donors (Lipinski definition) is 1. The Labute approximate surface area is 162 Å². The molecular formula is C23H19N3S. The summed E-state index contributed by atoms with van der Waals surface area (Å²) in [6.45, 7) is 4.13. The maximum absolute atomic E-state index is 9.73. The predicted octanol–water partition coefficient (Wildman–Crippen LogP) is 6.22. The van der Waals surface area contributed by atoms with Crippen LogP contribution in [0.4, 0.5) is 5.82 Å². The number of nitrogens with zero attached hydrogens (tertiary/aromatic N) is 2. The number of anilines is 1. The Morgan fingerprint density at radius 1 is 1.07 bits per heavy atom. The molecule has 0 amide bonds. The van der Waals surface area contributed by atoms with Crippen LogP contribution < -0.4 is 5.73 Å². The molecule has 0 radical (unpaired) electrons. The van der Waals surface area contributed by atoms with Crippen molar-refractivity contribution in [3.8, 4) is 6.07 Å². The van der Waals surface area contributed by atoms with Gasteiger partial charge in [0.2, 0.25) is 0 Å². The maximum atomic E-state index is 9.73. The molecule has 4 heteroatoms. The van der Waals surface area contributed by atoms with Crippen LogP contribution in [0, 0.1) is 11.3 Å². The molecule has 0 saturated carbocycles. The summed E-state index contributed by atoms with van der Waals surface area (Å²) in [5.74, 6) is 0.692. The van der Waals surface area contributed by atoms with Crippen LogP contribution in [0.3, 0.4) is 0 Å². The Morgan fingerprint density at radius 2 is 1.85 bits per heavy atom. The van der Waals surface area contributed by atoms with Crippen LogP contribution in [0.5, 0.6) is 0 Å². The van der Waals surface area contributed by atoms with Gasteiger partial charge in [-0.05, 0) is 53.5 Å². The fraction of sp³-hybridized carbons (Fsp3) is 0.130. The standard InChI is InChI=1S/C23H19N3S/c1-14(2)20-11-16(12-23(25)26-20)17(13-24)9-15-7-8-22-19(10-15)18-5-3-4-6-21(18)27-22/h3-12,14H,1-2H3,(H2,25,26). The molecule has 0 spiro atoms. The third kappa shape index (κ3) is 3.30. The lowest BCUT2D eigenvalue weighted by Gasteiger charge is -2.08. The average molecular weight is 369 g/mol. The van der Waals surface area contributed by atoms with Crippen molar-refractivity contribution >= 4 is 49.0 Å². The molecule has 27 heavy (non-hydrogen) atoms. The van der Waals surface area contributed by atoms with Gasteiger partial charge >= 0.3 is 0 Å². The van der Waals surface area contributed by atoms with Crippen LogP contribution in [0.15, 0.2) is 54.6 Å². The number of nitrogens with two attached hydrogens (primary N) is 1. The number of nitriles is 1. The van der Waals surface area contributed by atoms with Crippen LogP contribution in [-0.4, -0.2) is 4.98 Å². The van der Waals surface area contributed by atoms with Gasteiger partial charge in [-0.2, -0.15) is 5.26 Å². The summed E-state index contributed by atoms with van der Waals surface area (Å²) in [6, 6.07) is 20.8. The highest BCUT2D eigenvalue weighted by molar-refractivity contribution is 7.25. The van der Waals surface area contributed by atoms with Gasteiger partial charge in [0, 0.05) is 25.9 Å². The number of nitrogen functional groups attached to an aromatic ring is 1. The van der Waals surface area contributed by atoms with E-state index in [1.165, 1.54) is 20.2 Å². The first-order chi connectivity index (χ1) is 13.0. The fourth-order valence-corrected chi connectivity index (χ4v) is 4.29. The molecule has 4 aromatic rings. The topological polar surface area (TPSA) is 62.7 Å². The molecule has 0 atom stereocenters. The molecule has 2 heterocycles. The van der Waals surface area contributed by atoms with Crippen LogP contribution in [0.25, 0.3) is 31.8 Å². The molecule has 132 valence electrons. The number of benzene rings is 2. The van der Waals surface area contributed by atoms with E-state index in [1.807, 2.05) is 12.1 Å². The number of rotatable bonds is 3. The minimum Gasteiger partial charge on any atom is -0.384 e. The molecule has 2 aromatic carbocycles. The smallest absolute Gasteiger partial charge is 0.124 e. The van der Waals surface area contributed by atoms with Gasteiger partial charge in [0.1, 0.15) is 5.82 Å². The van der Waals surface area contributed by atoms with Crippen molar-refractivity contribution in [1.29, 1.82) is 5.26 Å². The highest BCUT2D eigenvalue weighted by Gasteiger charge is 2.09. The van der Waals surface area contributed by atoms with Gasteiger partial charge in [-0.1, -0.05) is 38.1 Å².